The predicted octanol–water partition coefficient (Wildman–Crippen LogP) is 6.69. The van der Waals surface area contributed by atoms with E-state index in [-0.39, 0.29) is 12.8 Å². The molecule has 164 valence electrons. The first-order valence-electron chi connectivity index (χ1n) is 9.90. The van der Waals surface area contributed by atoms with Gasteiger partial charge >= 0.3 is 164 Å². The number of alkyl halides is 6. The summed E-state index contributed by atoms with van der Waals surface area (Å²) in [6.07, 6.45) is -3.97. The third kappa shape index (κ3) is 6.66. The summed E-state index contributed by atoms with van der Waals surface area (Å²) in [6, 6.07) is 0. The van der Waals surface area contributed by atoms with Gasteiger partial charge in [0.25, 0.3) is 0 Å². The molecule has 2 unspecified atom stereocenters. The van der Waals surface area contributed by atoms with Crippen LogP contribution in [-0.2, 0) is 6.15 Å². The average molecular weight is 515 g/mol. The van der Waals surface area contributed by atoms with Crippen molar-refractivity contribution < 1.29 is 32.5 Å². The molecule has 0 N–H and O–H groups in total. The first-order valence-corrected chi connectivity index (χ1v) is 15.1. The molecule has 0 radical (unpaired) electrons. The first kappa shape index (κ1) is 27.3. The summed E-state index contributed by atoms with van der Waals surface area (Å²) in [5.41, 5.74) is 0. The van der Waals surface area contributed by atoms with Crippen molar-refractivity contribution in [1.82, 2.24) is 0 Å². The zero-order valence-electron chi connectivity index (χ0n) is 16.8. The summed E-state index contributed by atoms with van der Waals surface area (Å²) in [5.74, 6) is 0. The van der Waals surface area contributed by atoms with E-state index >= 15 is 0 Å². The standard InChI is InChI=1S/2C5H11O.2C4H6F3.Sn/c2*1-2-3-4-5-6;2*1-2-3(5)4(6)7;/h2*2-5H2,1H3;2*3H,2H2,1H3;/q2*-1;;;+2. The van der Waals surface area contributed by atoms with Gasteiger partial charge in [-0.3, -0.25) is 0 Å². The Bertz CT molecular complexity index is 362. The third-order valence-electron chi connectivity index (χ3n) is 4.49. The number of halogens is 6. The minimum absolute atomic E-state index is 0.256. The van der Waals surface area contributed by atoms with Gasteiger partial charge in [0.05, 0.1) is 0 Å². The molecule has 0 spiro atoms. The number of hydrogen-bond acceptors (Lipinski definition) is 2. The van der Waals surface area contributed by atoms with Gasteiger partial charge in [0.2, 0.25) is 0 Å². The molecule has 27 heavy (non-hydrogen) atoms. The maximum absolute atomic E-state index is 15.0. The topological polar surface area (TPSA) is 18.5 Å². The Balaban J connectivity index is 6.01. The van der Waals surface area contributed by atoms with Gasteiger partial charge < -0.3 is 0 Å². The van der Waals surface area contributed by atoms with Crippen LogP contribution in [0.25, 0.3) is 0 Å². The van der Waals surface area contributed by atoms with E-state index in [4.69, 9.17) is 6.15 Å². The molecule has 0 aromatic rings. The molecule has 0 bridgehead atoms. The van der Waals surface area contributed by atoms with Crippen LogP contribution in [0.3, 0.4) is 0 Å². The minimum atomic E-state index is -6.94. The SMILES string of the molecule is CCCCC[O][Sn]([O]CCCCC)([C](F)(F)C(F)CC)[C](F)(F)C(F)CC. The monoisotopic (exact) mass is 516 g/mol. The third-order valence-corrected chi connectivity index (χ3v) is 14.8. The van der Waals surface area contributed by atoms with Crippen molar-refractivity contribution in [3.63, 3.8) is 0 Å². The summed E-state index contributed by atoms with van der Waals surface area (Å²) in [4.78, 5) is 0. The molecule has 0 fully saturated rings. The Morgan fingerprint density at radius 2 is 1.00 bits per heavy atom. The van der Waals surface area contributed by atoms with E-state index in [0.29, 0.717) is 12.8 Å². The summed E-state index contributed by atoms with van der Waals surface area (Å²) >= 11 is -6.94. The van der Waals surface area contributed by atoms with Crippen molar-refractivity contribution in [3.05, 3.63) is 0 Å². The van der Waals surface area contributed by atoms with Crippen LogP contribution < -0.4 is 0 Å². The zero-order chi connectivity index (χ0) is 21.1. The van der Waals surface area contributed by atoms with E-state index in [1.165, 1.54) is 0 Å². The fourth-order valence-corrected chi connectivity index (χ4v) is 12.4. The van der Waals surface area contributed by atoms with Gasteiger partial charge in [0, 0.05) is 0 Å². The van der Waals surface area contributed by atoms with Gasteiger partial charge in [-0.05, 0) is 0 Å². The van der Waals surface area contributed by atoms with Crippen LogP contribution in [0.15, 0.2) is 0 Å². The molecule has 0 saturated carbocycles. The molecule has 0 amide bonds. The summed E-state index contributed by atoms with van der Waals surface area (Å²) in [7, 11) is 0. The second-order valence-corrected chi connectivity index (χ2v) is 15.7. The van der Waals surface area contributed by atoms with E-state index in [1.54, 1.807) is 0 Å². The van der Waals surface area contributed by atoms with Crippen LogP contribution in [0.2, 0.25) is 0 Å². The molecule has 9 heteroatoms. The Kier molecular flexibility index (Phi) is 12.9. The van der Waals surface area contributed by atoms with Crippen LogP contribution in [0.4, 0.5) is 26.3 Å². The molecule has 0 aliphatic carbocycles. The molecule has 0 aliphatic heterocycles. The van der Waals surface area contributed by atoms with Crippen molar-refractivity contribution in [1.29, 1.82) is 0 Å². The van der Waals surface area contributed by atoms with E-state index in [0.717, 1.165) is 26.7 Å². The van der Waals surface area contributed by atoms with Gasteiger partial charge in [-0.25, -0.2) is 0 Å². The van der Waals surface area contributed by atoms with Gasteiger partial charge in [-0.2, -0.15) is 0 Å². The van der Waals surface area contributed by atoms with Crippen molar-refractivity contribution in [2.24, 2.45) is 0 Å². The van der Waals surface area contributed by atoms with Crippen molar-refractivity contribution in [2.45, 2.75) is 99.3 Å². The van der Waals surface area contributed by atoms with Crippen LogP contribution in [0, 0.1) is 0 Å². The Morgan fingerprint density at radius 1 is 0.667 bits per heavy atom. The fourth-order valence-electron chi connectivity index (χ4n) is 2.71. The quantitative estimate of drug-likeness (QED) is 0.130. The van der Waals surface area contributed by atoms with Crippen molar-refractivity contribution in [2.75, 3.05) is 13.2 Å². The Hall–Kier alpha value is 0.299. The van der Waals surface area contributed by atoms with Crippen molar-refractivity contribution >= 4 is 19.2 Å². The normalized spacial score (nSPS) is 15.8. The van der Waals surface area contributed by atoms with Gasteiger partial charge in [-0.15, -0.1) is 0 Å². The van der Waals surface area contributed by atoms with Crippen LogP contribution in [0.1, 0.15) is 79.1 Å². The predicted molar refractivity (Wildman–Crippen MR) is 97.0 cm³/mol. The van der Waals surface area contributed by atoms with Crippen molar-refractivity contribution in [3.8, 4) is 0 Å². The van der Waals surface area contributed by atoms with E-state index < -0.39 is 65.5 Å². The summed E-state index contributed by atoms with van der Waals surface area (Å²) in [6.45, 7) is 5.16. The van der Waals surface area contributed by atoms with E-state index in [2.05, 4.69) is 0 Å². The molecule has 0 rings (SSSR count). The van der Waals surface area contributed by atoms with E-state index in [9.17, 15) is 26.3 Å². The van der Waals surface area contributed by atoms with Gasteiger partial charge in [0.1, 0.15) is 0 Å². The molecule has 2 nitrogen and oxygen atoms in total. The molecular weight excluding hydrogens is 481 g/mol. The molecule has 0 aromatic carbocycles. The Labute approximate surface area is 164 Å². The number of unbranched alkanes of at least 4 members (excludes halogenated alkanes) is 4. The summed E-state index contributed by atoms with van der Waals surface area (Å²) < 4.78 is 89.3. The summed E-state index contributed by atoms with van der Waals surface area (Å²) in [5, 5.41) is 0. The zero-order valence-corrected chi connectivity index (χ0v) is 19.7. The van der Waals surface area contributed by atoms with Gasteiger partial charge in [0.15, 0.2) is 0 Å². The number of rotatable bonds is 16. The second kappa shape index (κ2) is 12.8. The molecule has 0 aliphatic rings. The van der Waals surface area contributed by atoms with Crippen LogP contribution in [-0.4, -0.2) is 52.6 Å². The molecule has 2 atom stereocenters. The van der Waals surface area contributed by atoms with Gasteiger partial charge in [-0.1, -0.05) is 0 Å². The molecule has 0 aromatic heterocycles. The maximum atomic E-state index is 15.0. The Morgan fingerprint density at radius 3 is 1.26 bits per heavy atom. The molecular formula is C18H34F6O2Sn. The first-order chi connectivity index (χ1) is 12.6. The van der Waals surface area contributed by atoms with Crippen LogP contribution in [0.5, 0.6) is 0 Å². The molecule has 0 saturated heterocycles. The second-order valence-electron chi connectivity index (χ2n) is 6.73. The van der Waals surface area contributed by atoms with E-state index in [1.807, 2.05) is 13.8 Å². The fraction of sp³-hybridized carbons (Fsp3) is 1.00. The average Bonchev–Trinajstić information content (AvgIpc) is 2.64. The van der Waals surface area contributed by atoms with Crippen LogP contribution >= 0.6 is 0 Å². The number of hydrogen-bond donors (Lipinski definition) is 0. The molecule has 0 heterocycles.